The van der Waals surface area contributed by atoms with Crippen LogP contribution in [0.1, 0.15) is 35.6 Å². The van der Waals surface area contributed by atoms with Crippen LogP contribution in [0.2, 0.25) is 0 Å². The Balaban J connectivity index is 2.12. The Hall–Kier alpha value is -3.62. The molecule has 0 aromatic heterocycles. The molecular weight excluding hydrogens is 392 g/mol. The summed E-state index contributed by atoms with van der Waals surface area (Å²) in [6.45, 7) is 0.355. The first-order valence-electron chi connectivity index (χ1n) is 9.36. The van der Waals surface area contributed by atoms with Crippen molar-refractivity contribution in [1.29, 1.82) is 0 Å². The molecule has 2 aromatic carbocycles. The highest BCUT2D eigenvalue weighted by atomic mass is 16.6. The first-order valence-corrected chi connectivity index (χ1v) is 9.36. The molecule has 9 nitrogen and oxygen atoms in total. The molecule has 0 saturated carbocycles. The van der Waals surface area contributed by atoms with Crippen molar-refractivity contribution < 1.29 is 29.1 Å². The van der Waals surface area contributed by atoms with Crippen molar-refractivity contribution in [3.05, 3.63) is 63.2 Å². The maximum atomic E-state index is 12.9. The van der Waals surface area contributed by atoms with Gasteiger partial charge in [0.2, 0.25) is 5.91 Å². The molecule has 0 radical (unpaired) electrons. The predicted octanol–water partition coefficient (Wildman–Crippen LogP) is 2.95. The second-order valence-electron chi connectivity index (χ2n) is 6.89. The highest BCUT2D eigenvalue weighted by molar-refractivity contribution is 5.82. The molecule has 0 saturated heterocycles. The molecule has 0 fully saturated rings. The quantitative estimate of drug-likeness (QED) is 0.546. The van der Waals surface area contributed by atoms with Gasteiger partial charge in [0, 0.05) is 25.1 Å². The van der Waals surface area contributed by atoms with Crippen molar-refractivity contribution >= 4 is 17.6 Å². The van der Waals surface area contributed by atoms with Crippen LogP contribution in [-0.2, 0) is 16.0 Å². The summed E-state index contributed by atoms with van der Waals surface area (Å²) in [4.78, 5) is 36.2. The SMILES string of the molecule is COc1cc2c(cc1OC)[C@H](c1cccc([N+](=O)[O-])c1)N(C(=O)CCC(=O)O)CC2. The summed E-state index contributed by atoms with van der Waals surface area (Å²) in [7, 11) is 3.04. The van der Waals surface area contributed by atoms with E-state index in [-0.39, 0.29) is 24.4 Å². The number of aliphatic carboxylic acids is 1. The summed E-state index contributed by atoms with van der Waals surface area (Å²) >= 11 is 0. The number of carboxylic acid groups (broad SMARTS) is 1. The van der Waals surface area contributed by atoms with E-state index in [1.54, 1.807) is 23.1 Å². The fourth-order valence-corrected chi connectivity index (χ4v) is 3.74. The Morgan fingerprint density at radius 1 is 1.17 bits per heavy atom. The van der Waals surface area contributed by atoms with E-state index in [1.807, 2.05) is 6.07 Å². The lowest BCUT2D eigenvalue weighted by molar-refractivity contribution is -0.384. The molecule has 0 unspecified atom stereocenters. The van der Waals surface area contributed by atoms with Crippen molar-refractivity contribution in [3.63, 3.8) is 0 Å². The summed E-state index contributed by atoms with van der Waals surface area (Å²) in [5, 5.41) is 20.2. The van der Waals surface area contributed by atoms with Gasteiger partial charge in [-0.15, -0.1) is 0 Å². The Morgan fingerprint density at radius 2 is 1.87 bits per heavy atom. The molecule has 9 heteroatoms. The van der Waals surface area contributed by atoms with E-state index in [4.69, 9.17) is 14.6 Å². The molecule has 3 rings (SSSR count). The third-order valence-corrected chi connectivity index (χ3v) is 5.14. The van der Waals surface area contributed by atoms with Crippen LogP contribution in [0, 0.1) is 10.1 Å². The van der Waals surface area contributed by atoms with Gasteiger partial charge in [-0.3, -0.25) is 19.7 Å². The van der Waals surface area contributed by atoms with E-state index in [0.29, 0.717) is 30.0 Å². The minimum absolute atomic E-state index is 0.0852. The van der Waals surface area contributed by atoms with E-state index in [2.05, 4.69) is 0 Å². The number of hydrogen-bond donors (Lipinski definition) is 1. The van der Waals surface area contributed by atoms with Crippen LogP contribution in [0.3, 0.4) is 0 Å². The molecule has 1 aliphatic rings. The molecule has 1 aliphatic heterocycles. The minimum atomic E-state index is -1.06. The molecule has 1 atom stereocenters. The number of carbonyl (C=O) groups is 2. The summed E-state index contributed by atoms with van der Waals surface area (Å²) in [6, 6.07) is 9.14. The Morgan fingerprint density at radius 3 is 2.50 bits per heavy atom. The molecule has 2 aromatic rings. The highest BCUT2D eigenvalue weighted by Crippen LogP contribution is 2.41. The number of ether oxygens (including phenoxy) is 2. The van der Waals surface area contributed by atoms with Crippen LogP contribution in [0.4, 0.5) is 5.69 Å². The second-order valence-corrected chi connectivity index (χ2v) is 6.89. The lowest BCUT2D eigenvalue weighted by Crippen LogP contribution is -2.40. The molecule has 158 valence electrons. The number of nitro benzene ring substituents is 1. The lowest BCUT2D eigenvalue weighted by atomic mass is 9.87. The van der Waals surface area contributed by atoms with Gasteiger partial charge >= 0.3 is 5.97 Å². The molecule has 0 spiro atoms. The smallest absolute Gasteiger partial charge is 0.303 e. The largest absolute Gasteiger partial charge is 0.493 e. The van der Waals surface area contributed by atoms with Gasteiger partial charge in [0.1, 0.15) is 0 Å². The van der Waals surface area contributed by atoms with Gasteiger partial charge in [0.25, 0.3) is 5.69 Å². The number of nitro groups is 1. The van der Waals surface area contributed by atoms with Crippen LogP contribution in [0.5, 0.6) is 11.5 Å². The van der Waals surface area contributed by atoms with Crippen LogP contribution < -0.4 is 9.47 Å². The van der Waals surface area contributed by atoms with Crippen LogP contribution in [0.25, 0.3) is 0 Å². The predicted molar refractivity (Wildman–Crippen MR) is 107 cm³/mol. The number of carboxylic acids is 1. The molecule has 0 aliphatic carbocycles. The van der Waals surface area contributed by atoms with Gasteiger partial charge in [-0.05, 0) is 35.2 Å². The first-order chi connectivity index (χ1) is 14.3. The summed E-state index contributed by atoms with van der Waals surface area (Å²) in [5.41, 5.74) is 2.19. The van der Waals surface area contributed by atoms with Gasteiger partial charge in [0.05, 0.1) is 31.6 Å². The number of methoxy groups -OCH3 is 2. The third-order valence-electron chi connectivity index (χ3n) is 5.14. The van der Waals surface area contributed by atoms with Gasteiger partial charge < -0.3 is 19.5 Å². The number of hydrogen-bond acceptors (Lipinski definition) is 6. The van der Waals surface area contributed by atoms with E-state index >= 15 is 0 Å². The number of benzene rings is 2. The fraction of sp³-hybridized carbons (Fsp3) is 0.333. The molecule has 1 amide bonds. The van der Waals surface area contributed by atoms with Crippen molar-refractivity contribution in [2.75, 3.05) is 20.8 Å². The van der Waals surface area contributed by atoms with E-state index in [0.717, 1.165) is 11.1 Å². The van der Waals surface area contributed by atoms with Crippen LogP contribution in [0.15, 0.2) is 36.4 Å². The van der Waals surface area contributed by atoms with Crippen molar-refractivity contribution in [3.8, 4) is 11.5 Å². The number of amides is 1. The first kappa shape index (κ1) is 21.1. The molecular formula is C21H22N2O7. The normalized spacial score (nSPS) is 15.3. The Kier molecular flexibility index (Phi) is 6.20. The second kappa shape index (κ2) is 8.81. The van der Waals surface area contributed by atoms with Crippen LogP contribution in [-0.4, -0.2) is 47.6 Å². The zero-order valence-corrected chi connectivity index (χ0v) is 16.7. The zero-order chi connectivity index (χ0) is 21.8. The van der Waals surface area contributed by atoms with E-state index in [9.17, 15) is 19.7 Å². The van der Waals surface area contributed by atoms with Crippen molar-refractivity contribution in [2.45, 2.75) is 25.3 Å². The lowest BCUT2D eigenvalue weighted by Gasteiger charge is -2.38. The maximum absolute atomic E-state index is 12.9. The van der Waals surface area contributed by atoms with Crippen molar-refractivity contribution in [2.24, 2.45) is 0 Å². The number of carbonyl (C=O) groups excluding carboxylic acids is 1. The van der Waals surface area contributed by atoms with Gasteiger partial charge in [-0.2, -0.15) is 0 Å². The Bertz CT molecular complexity index is 989. The van der Waals surface area contributed by atoms with E-state index < -0.39 is 16.9 Å². The number of nitrogens with zero attached hydrogens (tertiary/aromatic N) is 2. The van der Waals surface area contributed by atoms with Crippen LogP contribution >= 0.6 is 0 Å². The third kappa shape index (κ3) is 4.19. The van der Waals surface area contributed by atoms with Gasteiger partial charge in [-0.1, -0.05) is 12.1 Å². The monoisotopic (exact) mass is 414 g/mol. The minimum Gasteiger partial charge on any atom is -0.493 e. The summed E-state index contributed by atoms with van der Waals surface area (Å²) < 4.78 is 10.8. The molecule has 1 N–H and O–H groups in total. The topological polar surface area (TPSA) is 119 Å². The number of non-ortho nitro benzene ring substituents is 1. The molecule has 30 heavy (non-hydrogen) atoms. The number of fused-ring (bicyclic) bond motifs is 1. The average Bonchev–Trinajstić information content (AvgIpc) is 2.75. The highest BCUT2D eigenvalue weighted by Gasteiger charge is 2.34. The maximum Gasteiger partial charge on any atom is 0.303 e. The summed E-state index contributed by atoms with van der Waals surface area (Å²) in [6.07, 6.45) is 0.110. The Labute approximate surface area is 173 Å². The molecule has 0 bridgehead atoms. The standard InChI is InChI=1S/C21H22N2O7/c1-29-17-11-13-8-9-22(19(24)6-7-20(25)26)21(16(13)12-18(17)30-2)14-4-3-5-15(10-14)23(27)28/h3-5,10-12,21H,6-9H2,1-2H3,(H,25,26)/t21-/m0/s1. The fourth-order valence-electron chi connectivity index (χ4n) is 3.74. The van der Waals surface area contributed by atoms with E-state index in [1.165, 1.54) is 26.4 Å². The number of rotatable bonds is 7. The van der Waals surface area contributed by atoms with Crippen molar-refractivity contribution in [1.82, 2.24) is 4.90 Å². The average molecular weight is 414 g/mol. The van der Waals surface area contributed by atoms with Gasteiger partial charge in [-0.25, -0.2) is 0 Å². The zero-order valence-electron chi connectivity index (χ0n) is 16.7. The molecule has 1 heterocycles. The van der Waals surface area contributed by atoms with Gasteiger partial charge in [0.15, 0.2) is 11.5 Å². The summed E-state index contributed by atoms with van der Waals surface area (Å²) in [5.74, 6) is -0.348.